The zero-order valence-corrected chi connectivity index (χ0v) is 16.7. The second-order valence-electron chi connectivity index (χ2n) is 6.06. The van der Waals surface area contributed by atoms with E-state index in [0.29, 0.717) is 23.7 Å². The Bertz CT molecular complexity index is 896. The van der Waals surface area contributed by atoms with Crippen LogP contribution >= 0.6 is 0 Å². The fourth-order valence-electron chi connectivity index (χ4n) is 2.63. The highest BCUT2D eigenvalue weighted by Gasteiger charge is 2.33. The molecule has 1 atom stereocenters. The average Bonchev–Trinajstić information content (AvgIpc) is 2.64. The van der Waals surface area contributed by atoms with Gasteiger partial charge in [0.1, 0.15) is 16.8 Å². The molecule has 0 aromatic heterocycles. The molecule has 0 bridgehead atoms. The van der Waals surface area contributed by atoms with Crippen LogP contribution in [-0.2, 0) is 19.4 Å². The predicted octanol–water partition coefficient (Wildman–Crippen LogP) is 2.86. The number of hydrogen-bond acceptors (Lipinski definition) is 5. The lowest BCUT2D eigenvalue weighted by Crippen LogP contribution is -2.39. The molecule has 0 fully saturated rings. The van der Waals surface area contributed by atoms with E-state index in [4.69, 9.17) is 4.74 Å². The van der Waals surface area contributed by atoms with Gasteiger partial charge in [-0.1, -0.05) is 25.1 Å². The Kier molecular flexibility index (Phi) is 7.57. The topological polar surface area (TPSA) is 102 Å². The number of benzene rings is 2. The molecular formula is C20H24N2O5S. The van der Waals surface area contributed by atoms with Gasteiger partial charge in [0.2, 0.25) is 11.8 Å². The summed E-state index contributed by atoms with van der Waals surface area (Å²) in [6.07, 6.45) is 0.0668. The summed E-state index contributed by atoms with van der Waals surface area (Å²) >= 11 is 0. The van der Waals surface area contributed by atoms with Gasteiger partial charge in [-0.15, -0.1) is 0 Å². The molecule has 0 saturated heterocycles. The molecule has 0 heterocycles. The standard InChI is InChI=1S/C20H24N2O5S/c1-3-18(20(24)22-15-8-6-5-7-9-15)28(25,26)14-19(23)21-16-10-12-17(13-11-16)27-4-2/h5-13,18H,3-4,14H2,1-2H3,(H,21,23)(H,22,24). The van der Waals surface area contributed by atoms with Crippen molar-refractivity contribution in [3.05, 3.63) is 54.6 Å². The van der Waals surface area contributed by atoms with Gasteiger partial charge >= 0.3 is 0 Å². The number of sulfone groups is 1. The summed E-state index contributed by atoms with van der Waals surface area (Å²) in [6.45, 7) is 3.98. The maximum atomic E-state index is 12.6. The highest BCUT2D eigenvalue weighted by atomic mass is 32.2. The molecule has 2 aromatic carbocycles. The van der Waals surface area contributed by atoms with Crippen molar-refractivity contribution in [2.45, 2.75) is 25.5 Å². The maximum Gasteiger partial charge on any atom is 0.242 e. The molecule has 0 aliphatic rings. The zero-order valence-electron chi connectivity index (χ0n) is 15.8. The molecule has 0 spiro atoms. The summed E-state index contributed by atoms with van der Waals surface area (Å²) in [5.41, 5.74) is 0.949. The monoisotopic (exact) mass is 404 g/mol. The average molecular weight is 404 g/mol. The summed E-state index contributed by atoms with van der Waals surface area (Å²) in [5.74, 6) is -1.48. The van der Waals surface area contributed by atoms with Crippen molar-refractivity contribution < 1.29 is 22.7 Å². The minimum absolute atomic E-state index is 0.0668. The van der Waals surface area contributed by atoms with Gasteiger partial charge in [-0.2, -0.15) is 0 Å². The van der Waals surface area contributed by atoms with Crippen LogP contribution in [0.25, 0.3) is 0 Å². The first-order valence-corrected chi connectivity index (χ1v) is 10.7. The summed E-state index contributed by atoms with van der Waals surface area (Å²) in [7, 11) is -3.98. The third-order valence-electron chi connectivity index (χ3n) is 3.92. The molecule has 0 saturated carbocycles. The largest absolute Gasteiger partial charge is 0.494 e. The second kappa shape index (κ2) is 9.89. The molecule has 2 amide bonds. The number of ether oxygens (including phenoxy) is 1. The molecule has 2 rings (SSSR count). The van der Waals surface area contributed by atoms with Crippen LogP contribution in [0.3, 0.4) is 0 Å². The van der Waals surface area contributed by atoms with Crippen molar-refractivity contribution in [1.82, 2.24) is 0 Å². The fraction of sp³-hybridized carbons (Fsp3) is 0.300. The van der Waals surface area contributed by atoms with Crippen molar-refractivity contribution >= 4 is 33.0 Å². The highest BCUT2D eigenvalue weighted by Crippen LogP contribution is 2.17. The van der Waals surface area contributed by atoms with Crippen LogP contribution in [0.15, 0.2) is 54.6 Å². The summed E-state index contributed by atoms with van der Waals surface area (Å²) in [6, 6.07) is 15.2. The van der Waals surface area contributed by atoms with Crippen molar-refractivity contribution in [2.24, 2.45) is 0 Å². The molecule has 0 aliphatic carbocycles. The Morgan fingerprint density at radius 1 is 0.929 bits per heavy atom. The Balaban J connectivity index is 2.01. The van der Waals surface area contributed by atoms with E-state index >= 15 is 0 Å². The van der Waals surface area contributed by atoms with Crippen molar-refractivity contribution in [3.8, 4) is 5.75 Å². The molecule has 150 valence electrons. The number of para-hydroxylation sites is 1. The van der Waals surface area contributed by atoms with Gasteiger partial charge in [0, 0.05) is 11.4 Å². The molecule has 7 nitrogen and oxygen atoms in total. The van der Waals surface area contributed by atoms with Crippen LogP contribution < -0.4 is 15.4 Å². The first kappa shape index (κ1) is 21.4. The molecular weight excluding hydrogens is 380 g/mol. The normalized spacial score (nSPS) is 12.1. The minimum atomic E-state index is -3.98. The Labute approximate surface area is 165 Å². The van der Waals surface area contributed by atoms with E-state index in [2.05, 4.69) is 10.6 Å². The van der Waals surface area contributed by atoms with E-state index in [1.165, 1.54) is 0 Å². The van der Waals surface area contributed by atoms with Gasteiger partial charge in [-0.25, -0.2) is 8.42 Å². The summed E-state index contributed by atoms with van der Waals surface area (Å²) in [5, 5.41) is 3.80. The first-order valence-electron chi connectivity index (χ1n) is 8.96. The molecule has 0 aliphatic heterocycles. The van der Waals surface area contributed by atoms with Crippen LogP contribution in [0.2, 0.25) is 0 Å². The second-order valence-corrected chi connectivity index (χ2v) is 8.25. The number of anilines is 2. The van der Waals surface area contributed by atoms with Crippen molar-refractivity contribution in [1.29, 1.82) is 0 Å². The van der Waals surface area contributed by atoms with E-state index < -0.39 is 32.7 Å². The molecule has 2 aromatic rings. The summed E-state index contributed by atoms with van der Waals surface area (Å²) < 4.78 is 30.5. The van der Waals surface area contributed by atoms with Crippen LogP contribution in [0.5, 0.6) is 5.75 Å². The Morgan fingerprint density at radius 2 is 1.54 bits per heavy atom. The number of amides is 2. The van der Waals surface area contributed by atoms with E-state index in [-0.39, 0.29) is 6.42 Å². The smallest absolute Gasteiger partial charge is 0.242 e. The summed E-state index contributed by atoms with van der Waals surface area (Å²) in [4.78, 5) is 24.6. The van der Waals surface area contributed by atoms with Crippen molar-refractivity contribution in [3.63, 3.8) is 0 Å². The van der Waals surface area contributed by atoms with Crippen LogP contribution in [-0.4, -0.2) is 37.8 Å². The number of nitrogens with one attached hydrogen (secondary N) is 2. The van der Waals surface area contributed by atoms with E-state index in [0.717, 1.165) is 0 Å². The lowest BCUT2D eigenvalue weighted by molar-refractivity contribution is -0.115. The lowest BCUT2D eigenvalue weighted by Gasteiger charge is -2.16. The third kappa shape index (κ3) is 6.09. The SMILES string of the molecule is CCOc1ccc(NC(=O)CS(=O)(=O)C(CC)C(=O)Nc2ccccc2)cc1. The molecule has 0 radical (unpaired) electrons. The number of rotatable bonds is 9. The van der Waals surface area contributed by atoms with E-state index in [1.807, 2.05) is 6.92 Å². The predicted molar refractivity (Wildman–Crippen MR) is 109 cm³/mol. The van der Waals surface area contributed by atoms with Crippen molar-refractivity contribution in [2.75, 3.05) is 23.0 Å². The van der Waals surface area contributed by atoms with Crippen LogP contribution in [0.4, 0.5) is 11.4 Å². The molecule has 2 N–H and O–H groups in total. The zero-order chi connectivity index (χ0) is 20.6. The van der Waals surface area contributed by atoms with Crippen LogP contribution in [0, 0.1) is 0 Å². The number of carbonyl (C=O) groups excluding carboxylic acids is 2. The molecule has 8 heteroatoms. The van der Waals surface area contributed by atoms with E-state index in [9.17, 15) is 18.0 Å². The Hall–Kier alpha value is -2.87. The van der Waals surface area contributed by atoms with Gasteiger partial charge in [0.25, 0.3) is 0 Å². The van der Waals surface area contributed by atoms with Gasteiger partial charge in [-0.3, -0.25) is 9.59 Å². The van der Waals surface area contributed by atoms with Crippen LogP contribution in [0.1, 0.15) is 20.3 Å². The highest BCUT2D eigenvalue weighted by molar-refractivity contribution is 7.93. The van der Waals surface area contributed by atoms with E-state index in [1.54, 1.807) is 61.5 Å². The van der Waals surface area contributed by atoms with Gasteiger partial charge in [-0.05, 0) is 49.7 Å². The maximum absolute atomic E-state index is 12.6. The fourth-order valence-corrected chi connectivity index (χ4v) is 4.16. The van der Waals surface area contributed by atoms with Gasteiger partial charge < -0.3 is 15.4 Å². The first-order chi connectivity index (χ1) is 13.4. The number of carbonyl (C=O) groups is 2. The minimum Gasteiger partial charge on any atom is -0.494 e. The van der Waals surface area contributed by atoms with Gasteiger partial charge in [0.05, 0.1) is 6.61 Å². The Morgan fingerprint density at radius 3 is 2.11 bits per heavy atom. The molecule has 1 unspecified atom stereocenters. The van der Waals surface area contributed by atoms with Gasteiger partial charge in [0.15, 0.2) is 9.84 Å². The lowest BCUT2D eigenvalue weighted by atomic mass is 10.3. The third-order valence-corrected chi connectivity index (χ3v) is 6.00. The molecule has 28 heavy (non-hydrogen) atoms. The quantitative estimate of drug-likeness (QED) is 0.669. The number of hydrogen-bond donors (Lipinski definition) is 2.